The smallest absolute Gasteiger partial charge is 0.295 e. The molecule has 0 saturated carbocycles. The number of nitrogens with one attached hydrogen (secondary N) is 1. The van der Waals surface area contributed by atoms with Crippen molar-refractivity contribution in [2.45, 2.75) is 25.9 Å². The van der Waals surface area contributed by atoms with Crippen LogP contribution in [0.25, 0.3) is 11.2 Å². The largest absolute Gasteiger partial charge is 0.351 e. The number of carbonyl (C=O) groups is 1. The summed E-state index contributed by atoms with van der Waals surface area (Å²) in [4.78, 5) is 38.6. The van der Waals surface area contributed by atoms with Crippen molar-refractivity contribution in [3.8, 4) is 0 Å². The van der Waals surface area contributed by atoms with E-state index < -0.39 is 0 Å². The van der Waals surface area contributed by atoms with Gasteiger partial charge in [0.1, 0.15) is 5.52 Å². The van der Waals surface area contributed by atoms with E-state index >= 15 is 0 Å². The first-order chi connectivity index (χ1) is 16.2. The summed E-state index contributed by atoms with van der Waals surface area (Å²) in [5, 5.41) is 5.05. The highest BCUT2D eigenvalue weighted by Gasteiger charge is 2.28. The second-order valence-electron chi connectivity index (χ2n) is 8.24. The molecule has 1 N–H and O–H groups in total. The first kappa shape index (κ1) is 21.3. The zero-order chi connectivity index (χ0) is 22.6. The maximum Gasteiger partial charge on any atom is 0.295 e. The average molecular weight is 460 g/mol. The minimum absolute atomic E-state index is 0.0279. The number of hydrogen-bond acceptors (Lipinski definition) is 6. The SMILES string of the molecule is O=C(NCc1cccs1)[C@H]1CCCN(c2nc3cccnc3n(Cc3ccccc3)c2=O)C1. The summed E-state index contributed by atoms with van der Waals surface area (Å²) in [6, 6.07) is 17.6. The van der Waals surface area contributed by atoms with Crippen LogP contribution in [-0.2, 0) is 17.9 Å². The Labute approximate surface area is 195 Å². The Morgan fingerprint density at radius 3 is 2.82 bits per heavy atom. The quantitative estimate of drug-likeness (QED) is 0.478. The van der Waals surface area contributed by atoms with E-state index in [9.17, 15) is 9.59 Å². The molecule has 1 aliphatic rings. The topological polar surface area (TPSA) is 80.1 Å². The third-order valence-electron chi connectivity index (χ3n) is 5.98. The van der Waals surface area contributed by atoms with Gasteiger partial charge in [0.15, 0.2) is 11.5 Å². The maximum atomic E-state index is 13.6. The van der Waals surface area contributed by atoms with Gasteiger partial charge >= 0.3 is 0 Å². The normalized spacial score (nSPS) is 16.1. The predicted octanol–water partition coefficient (Wildman–Crippen LogP) is 3.43. The molecule has 1 saturated heterocycles. The fourth-order valence-corrected chi connectivity index (χ4v) is 4.94. The number of thiophene rings is 1. The Kier molecular flexibility index (Phi) is 6.17. The number of amides is 1. The number of piperidine rings is 1. The fourth-order valence-electron chi connectivity index (χ4n) is 4.30. The van der Waals surface area contributed by atoms with Gasteiger partial charge in [-0.25, -0.2) is 9.97 Å². The van der Waals surface area contributed by atoms with Crippen LogP contribution >= 0.6 is 11.3 Å². The van der Waals surface area contributed by atoms with Crippen molar-refractivity contribution in [1.29, 1.82) is 0 Å². The minimum Gasteiger partial charge on any atom is -0.351 e. The second kappa shape index (κ2) is 9.54. The summed E-state index contributed by atoms with van der Waals surface area (Å²) in [5.74, 6) is 0.245. The van der Waals surface area contributed by atoms with Crippen LogP contribution in [0.2, 0.25) is 0 Å². The molecule has 1 aromatic carbocycles. The summed E-state index contributed by atoms with van der Waals surface area (Å²) in [6.07, 6.45) is 3.32. The maximum absolute atomic E-state index is 13.6. The van der Waals surface area contributed by atoms with Crippen LogP contribution in [0.3, 0.4) is 0 Å². The molecular weight excluding hydrogens is 434 g/mol. The zero-order valence-corrected chi connectivity index (χ0v) is 19.0. The number of carbonyl (C=O) groups excluding carboxylic acids is 1. The van der Waals surface area contributed by atoms with Gasteiger partial charge in [-0.3, -0.25) is 14.2 Å². The van der Waals surface area contributed by atoms with Crippen molar-refractivity contribution in [1.82, 2.24) is 19.9 Å². The number of rotatable bonds is 6. The van der Waals surface area contributed by atoms with Gasteiger partial charge in [0.2, 0.25) is 5.91 Å². The minimum atomic E-state index is -0.176. The molecule has 1 atom stereocenters. The molecule has 33 heavy (non-hydrogen) atoms. The summed E-state index contributed by atoms with van der Waals surface area (Å²) < 4.78 is 1.69. The molecule has 0 spiro atoms. The number of benzene rings is 1. The van der Waals surface area contributed by atoms with Crippen molar-refractivity contribution >= 4 is 34.2 Å². The summed E-state index contributed by atoms with van der Waals surface area (Å²) in [7, 11) is 0. The van der Waals surface area contributed by atoms with Crippen molar-refractivity contribution in [2.24, 2.45) is 5.92 Å². The Morgan fingerprint density at radius 2 is 2.00 bits per heavy atom. The molecule has 8 heteroatoms. The van der Waals surface area contributed by atoms with E-state index in [1.54, 1.807) is 22.1 Å². The van der Waals surface area contributed by atoms with Crippen molar-refractivity contribution in [2.75, 3.05) is 18.0 Å². The molecule has 168 valence electrons. The number of hydrogen-bond donors (Lipinski definition) is 1. The molecule has 5 rings (SSSR count). The molecule has 4 aromatic rings. The first-order valence-electron chi connectivity index (χ1n) is 11.1. The van der Waals surface area contributed by atoms with E-state index in [-0.39, 0.29) is 17.4 Å². The lowest BCUT2D eigenvalue weighted by molar-refractivity contribution is -0.125. The van der Waals surface area contributed by atoms with Crippen LogP contribution < -0.4 is 15.8 Å². The van der Waals surface area contributed by atoms with E-state index in [4.69, 9.17) is 0 Å². The number of anilines is 1. The molecule has 0 bridgehead atoms. The number of nitrogens with zero attached hydrogens (tertiary/aromatic N) is 4. The Morgan fingerprint density at radius 1 is 1.12 bits per heavy atom. The third-order valence-corrected chi connectivity index (χ3v) is 6.85. The molecule has 3 aromatic heterocycles. The average Bonchev–Trinajstić information content (AvgIpc) is 3.38. The molecule has 1 aliphatic heterocycles. The Bertz CT molecular complexity index is 1300. The van der Waals surface area contributed by atoms with Crippen LogP contribution in [0, 0.1) is 5.92 Å². The van der Waals surface area contributed by atoms with Crippen LogP contribution in [0.15, 0.2) is 71.0 Å². The molecule has 0 aliphatic carbocycles. The van der Waals surface area contributed by atoms with Crippen LogP contribution in [-0.4, -0.2) is 33.5 Å². The van der Waals surface area contributed by atoms with Gasteiger partial charge in [0, 0.05) is 24.2 Å². The van der Waals surface area contributed by atoms with Gasteiger partial charge in [-0.15, -0.1) is 11.3 Å². The molecule has 4 heterocycles. The van der Waals surface area contributed by atoms with Crippen molar-refractivity contribution < 1.29 is 4.79 Å². The predicted molar refractivity (Wildman–Crippen MR) is 130 cm³/mol. The van der Waals surface area contributed by atoms with Crippen LogP contribution in [0.1, 0.15) is 23.3 Å². The second-order valence-corrected chi connectivity index (χ2v) is 9.27. The summed E-state index contributed by atoms with van der Waals surface area (Å²) in [6.45, 7) is 2.14. The Balaban J connectivity index is 1.42. The third kappa shape index (κ3) is 4.66. The number of pyridine rings is 1. The van der Waals surface area contributed by atoms with Crippen molar-refractivity contribution in [3.05, 3.63) is 87.0 Å². The highest BCUT2D eigenvalue weighted by molar-refractivity contribution is 7.09. The van der Waals surface area contributed by atoms with E-state index in [0.717, 1.165) is 23.3 Å². The molecular formula is C25H25N5O2S. The highest BCUT2D eigenvalue weighted by atomic mass is 32.1. The lowest BCUT2D eigenvalue weighted by Crippen LogP contribution is -2.45. The van der Waals surface area contributed by atoms with Gasteiger partial charge in [0.25, 0.3) is 5.56 Å². The lowest BCUT2D eigenvalue weighted by atomic mass is 9.97. The van der Waals surface area contributed by atoms with Gasteiger partial charge < -0.3 is 10.2 Å². The zero-order valence-electron chi connectivity index (χ0n) is 18.2. The van der Waals surface area contributed by atoms with E-state index in [2.05, 4.69) is 15.3 Å². The summed E-state index contributed by atoms with van der Waals surface area (Å²) >= 11 is 1.63. The van der Waals surface area contributed by atoms with Gasteiger partial charge in [0.05, 0.1) is 19.0 Å². The van der Waals surface area contributed by atoms with Crippen molar-refractivity contribution in [3.63, 3.8) is 0 Å². The number of fused-ring (bicyclic) bond motifs is 1. The van der Waals surface area contributed by atoms with E-state index in [1.165, 1.54) is 0 Å². The van der Waals surface area contributed by atoms with Crippen LogP contribution in [0.5, 0.6) is 0 Å². The fraction of sp³-hybridized carbons (Fsp3) is 0.280. The molecule has 0 radical (unpaired) electrons. The van der Waals surface area contributed by atoms with E-state index in [0.29, 0.717) is 43.2 Å². The van der Waals surface area contributed by atoms with Gasteiger partial charge in [-0.2, -0.15) is 0 Å². The molecule has 1 fully saturated rings. The lowest BCUT2D eigenvalue weighted by Gasteiger charge is -2.32. The first-order valence-corrected chi connectivity index (χ1v) is 12.0. The Hall–Kier alpha value is -3.52. The standard InChI is InChI=1S/C25H25N5O2S/c31-24(27-15-20-10-6-14-33-20)19-9-5-13-29(17-19)23-25(32)30(16-18-7-2-1-3-8-18)22-21(28-23)11-4-12-26-22/h1-4,6-8,10-12,14,19H,5,9,13,15-17H2,(H,27,31)/t19-/m0/s1. The van der Waals surface area contributed by atoms with Gasteiger partial charge in [-0.05, 0) is 42.0 Å². The van der Waals surface area contributed by atoms with Gasteiger partial charge in [-0.1, -0.05) is 36.4 Å². The van der Waals surface area contributed by atoms with E-state index in [1.807, 2.05) is 64.9 Å². The molecule has 0 unspecified atom stereocenters. The molecule has 7 nitrogen and oxygen atoms in total. The highest BCUT2D eigenvalue weighted by Crippen LogP contribution is 2.22. The summed E-state index contributed by atoms with van der Waals surface area (Å²) in [5.41, 5.74) is 2.09. The molecule has 1 amide bonds. The van der Waals surface area contributed by atoms with Crippen LogP contribution in [0.4, 0.5) is 5.82 Å². The number of aromatic nitrogens is 3. The monoisotopic (exact) mass is 459 g/mol.